The van der Waals surface area contributed by atoms with Crippen molar-refractivity contribution in [3.63, 3.8) is 0 Å². The number of phenols is 1. The van der Waals surface area contributed by atoms with Crippen LogP contribution in [0.25, 0.3) is 0 Å². The number of hydrogen-bond acceptors (Lipinski definition) is 4. The fraction of sp³-hybridized carbons (Fsp3) is 0.417. The fourth-order valence-corrected chi connectivity index (χ4v) is 1.43. The quantitative estimate of drug-likeness (QED) is 0.777. The smallest absolute Gasteiger partial charge is 0.308 e. The third kappa shape index (κ3) is 3.55. The Morgan fingerprint density at radius 2 is 2.25 bits per heavy atom. The van der Waals surface area contributed by atoms with Crippen LogP contribution >= 0.6 is 0 Å². The number of carbonyl (C=O) groups is 1. The van der Waals surface area contributed by atoms with E-state index in [1.165, 1.54) is 7.11 Å². The highest BCUT2D eigenvalue weighted by atomic mass is 16.5. The summed E-state index contributed by atoms with van der Waals surface area (Å²) in [5.41, 5.74) is 0.760. The molecule has 0 saturated heterocycles. The van der Waals surface area contributed by atoms with Crippen molar-refractivity contribution in [1.29, 1.82) is 0 Å². The van der Waals surface area contributed by atoms with Crippen LogP contribution in [0.3, 0.4) is 0 Å². The molecular weight excluding hydrogens is 208 g/mol. The van der Waals surface area contributed by atoms with E-state index >= 15 is 0 Å². The molecule has 1 N–H and O–H groups in total. The SMILES string of the molecule is CCOC(=O)CC(OC)c1cccc(O)c1. The van der Waals surface area contributed by atoms with Crippen LogP contribution < -0.4 is 0 Å². The zero-order valence-electron chi connectivity index (χ0n) is 9.47. The molecule has 0 heterocycles. The summed E-state index contributed by atoms with van der Waals surface area (Å²) < 4.78 is 10.0. The largest absolute Gasteiger partial charge is 0.508 e. The van der Waals surface area contributed by atoms with Gasteiger partial charge in [-0.25, -0.2) is 0 Å². The summed E-state index contributed by atoms with van der Waals surface area (Å²) >= 11 is 0. The lowest BCUT2D eigenvalue weighted by molar-refractivity contribution is -0.146. The van der Waals surface area contributed by atoms with Gasteiger partial charge in [0.1, 0.15) is 5.75 Å². The summed E-state index contributed by atoms with van der Waals surface area (Å²) in [7, 11) is 1.52. The van der Waals surface area contributed by atoms with Gasteiger partial charge in [0, 0.05) is 7.11 Å². The third-order valence-electron chi connectivity index (χ3n) is 2.18. The number of phenolic OH excluding ortho intramolecular Hbond substituents is 1. The first-order chi connectivity index (χ1) is 7.67. The first-order valence-electron chi connectivity index (χ1n) is 5.14. The van der Waals surface area contributed by atoms with Crippen LogP contribution in [-0.4, -0.2) is 24.8 Å². The van der Waals surface area contributed by atoms with E-state index in [1.807, 2.05) is 0 Å². The van der Waals surface area contributed by atoms with Gasteiger partial charge in [-0.1, -0.05) is 12.1 Å². The average Bonchev–Trinajstić information content (AvgIpc) is 2.26. The highest BCUT2D eigenvalue weighted by Gasteiger charge is 2.16. The molecule has 16 heavy (non-hydrogen) atoms. The maximum Gasteiger partial charge on any atom is 0.308 e. The monoisotopic (exact) mass is 224 g/mol. The van der Waals surface area contributed by atoms with Crippen LogP contribution in [0.2, 0.25) is 0 Å². The predicted molar refractivity (Wildman–Crippen MR) is 59.1 cm³/mol. The first-order valence-corrected chi connectivity index (χ1v) is 5.14. The van der Waals surface area contributed by atoms with Gasteiger partial charge in [-0.05, 0) is 24.6 Å². The number of hydrogen-bond donors (Lipinski definition) is 1. The number of methoxy groups -OCH3 is 1. The molecule has 0 bridgehead atoms. The van der Waals surface area contributed by atoms with Gasteiger partial charge in [-0.3, -0.25) is 4.79 Å². The van der Waals surface area contributed by atoms with Crippen molar-refractivity contribution in [2.75, 3.05) is 13.7 Å². The molecular formula is C12H16O4. The van der Waals surface area contributed by atoms with E-state index in [4.69, 9.17) is 9.47 Å². The van der Waals surface area contributed by atoms with E-state index in [0.717, 1.165) is 5.56 Å². The minimum absolute atomic E-state index is 0.147. The van der Waals surface area contributed by atoms with E-state index in [1.54, 1.807) is 31.2 Å². The zero-order valence-corrected chi connectivity index (χ0v) is 9.47. The van der Waals surface area contributed by atoms with Gasteiger partial charge in [0.05, 0.1) is 19.1 Å². The topological polar surface area (TPSA) is 55.8 Å². The van der Waals surface area contributed by atoms with E-state index < -0.39 is 0 Å². The first kappa shape index (κ1) is 12.5. The molecule has 1 rings (SSSR count). The van der Waals surface area contributed by atoms with Gasteiger partial charge >= 0.3 is 5.97 Å². The molecule has 1 atom stereocenters. The Kier molecular flexibility index (Phi) is 4.79. The zero-order chi connectivity index (χ0) is 12.0. The van der Waals surface area contributed by atoms with E-state index in [9.17, 15) is 9.90 Å². The summed E-state index contributed by atoms with van der Waals surface area (Å²) in [6.07, 6.45) is -0.237. The average molecular weight is 224 g/mol. The highest BCUT2D eigenvalue weighted by molar-refractivity contribution is 5.70. The van der Waals surface area contributed by atoms with Crippen molar-refractivity contribution in [2.45, 2.75) is 19.4 Å². The molecule has 88 valence electrons. The van der Waals surface area contributed by atoms with Gasteiger partial charge in [-0.15, -0.1) is 0 Å². The van der Waals surface area contributed by atoms with Crippen molar-refractivity contribution >= 4 is 5.97 Å². The second-order valence-corrected chi connectivity index (χ2v) is 3.33. The van der Waals surface area contributed by atoms with Crippen LogP contribution in [0.15, 0.2) is 24.3 Å². The van der Waals surface area contributed by atoms with Crippen LogP contribution in [0, 0.1) is 0 Å². The fourth-order valence-electron chi connectivity index (χ4n) is 1.43. The Morgan fingerprint density at radius 1 is 1.50 bits per heavy atom. The van der Waals surface area contributed by atoms with Crippen LogP contribution in [0.5, 0.6) is 5.75 Å². The van der Waals surface area contributed by atoms with Crippen LogP contribution in [0.4, 0.5) is 0 Å². The summed E-state index contributed by atoms with van der Waals surface area (Å²) in [5.74, 6) is -0.152. The van der Waals surface area contributed by atoms with Gasteiger partial charge in [0.2, 0.25) is 0 Å². The maximum atomic E-state index is 11.3. The minimum atomic E-state index is -0.383. The molecule has 0 spiro atoms. The molecule has 0 fully saturated rings. The van der Waals surface area contributed by atoms with Crippen molar-refractivity contribution in [3.05, 3.63) is 29.8 Å². The molecule has 0 aliphatic heterocycles. The molecule has 0 radical (unpaired) electrons. The molecule has 1 aromatic rings. The summed E-state index contributed by atoms with van der Waals surface area (Å²) in [4.78, 5) is 11.3. The number of carbonyl (C=O) groups excluding carboxylic acids is 1. The van der Waals surface area contributed by atoms with Crippen LogP contribution in [-0.2, 0) is 14.3 Å². The van der Waals surface area contributed by atoms with E-state index in [2.05, 4.69) is 0 Å². The third-order valence-corrected chi connectivity index (χ3v) is 2.18. The lowest BCUT2D eigenvalue weighted by atomic mass is 10.1. The predicted octanol–water partition coefficient (Wildman–Crippen LogP) is 2.03. The summed E-state index contributed by atoms with van der Waals surface area (Å²) in [5, 5.41) is 9.32. The lowest BCUT2D eigenvalue weighted by Crippen LogP contribution is -2.11. The van der Waals surface area contributed by atoms with Crippen molar-refractivity contribution < 1.29 is 19.4 Å². The van der Waals surface area contributed by atoms with E-state index in [-0.39, 0.29) is 24.2 Å². The number of benzene rings is 1. The van der Waals surface area contributed by atoms with Crippen LogP contribution in [0.1, 0.15) is 25.0 Å². The Morgan fingerprint density at radius 3 is 2.81 bits per heavy atom. The maximum absolute atomic E-state index is 11.3. The van der Waals surface area contributed by atoms with Crippen molar-refractivity contribution in [3.8, 4) is 5.75 Å². The molecule has 4 nitrogen and oxygen atoms in total. The lowest BCUT2D eigenvalue weighted by Gasteiger charge is -2.14. The Labute approximate surface area is 94.8 Å². The molecule has 0 saturated carbocycles. The molecule has 4 heteroatoms. The Hall–Kier alpha value is -1.55. The Balaban J connectivity index is 2.70. The number of aromatic hydroxyl groups is 1. The van der Waals surface area contributed by atoms with Crippen molar-refractivity contribution in [2.24, 2.45) is 0 Å². The summed E-state index contributed by atoms with van der Waals surface area (Å²) in [6, 6.07) is 6.66. The van der Waals surface area contributed by atoms with Gasteiger partial charge < -0.3 is 14.6 Å². The minimum Gasteiger partial charge on any atom is -0.508 e. The summed E-state index contributed by atoms with van der Waals surface area (Å²) in [6.45, 7) is 2.11. The molecule has 0 aliphatic rings. The van der Waals surface area contributed by atoms with Gasteiger partial charge in [-0.2, -0.15) is 0 Å². The molecule has 0 aliphatic carbocycles. The number of ether oxygens (including phenoxy) is 2. The normalized spacial score (nSPS) is 12.1. The van der Waals surface area contributed by atoms with Crippen molar-refractivity contribution in [1.82, 2.24) is 0 Å². The van der Waals surface area contributed by atoms with Gasteiger partial charge in [0.15, 0.2) is 0 Å². The van der Waals surface area contributed by atoms with E-state index in [0.29, 0.717) is 6.61 Å². The van der Waals surface area contributed by atoms with Gasteiger partial charge in [0.25, 0.3) is 0 Å². The Bertz CT molecular complexity index is 349. The number of esters is 1. The molecule has 0 aromatic heterocycles. The second-order valence-electron chi connectivity index (χ2n) is 3.33. The molecule has 1 aromatic carbocycles. The highest BCUT2D eigenvalue weighted by Crippen LogP contribution is 2.23. The molecule has 0 amide bonds. The molecule has 1 unspecified atom stereocenters. The standard InChI is InChI=1S/C12H16O4/c1-3-16-12(14)8-11(15-2)9-5-4-6-10(13)7-9/h4-7,11,13H,3,8H2,1-2H3. The number of rotatable bonds is 5. The second kappa shape index (κ2) is 6.12.